The first-order valence-electron chi connectivity index (χ1n) is 7.14. The molecular weight excluding hydrogens is 270 g/mol. The zero-order valence-corrected chi connectivity index (χ0v) is 12.5. The fourth-order valence-corrected chi connectivity index (χ4v) is 3.32. The second kappa shape index (κ2) is 5.06. The van der Waals surface area contributed by atoms with Gasteiger partial charge in [-0.15, -0.1) is 0 Å². The Labute approximate surface area is 123 Å². The Morgan fingerprint density at radius 1 is 1.24 bits per heavy atom. The molecule has 3 rings (SSSR count). The quantitative estimate of drug-likeness (QED) is 0.800. The van der Waals surface area contributed by atoms with Crippen LogP contribution >= 0.6 is 0 Å². The number of fused-ring (bicyclic) bond motifs is 1. The molecule has 1 aromatic rings. The van der Waals surface area contributed by atoms with E-state index in [1.807, 2.05) is 18.2 Å². The predicted molar refractivity (Wildman–Crippen MR) is 77.4 cm³/mol. The topological polar surface area (TPSA) is 55.8 Å². The van der Waals surface area contributed by atoms with Gasteiger partial charge < -0.3 is 14.4 Å². The standard InChI is InChI=1S/C16H19NO4/c1-9(18)17-13-7-6-11(20-2)8-12(13)14(16(19)21-3)15(17)10-4-5-10/h6-8,10,14-15H,4-5H2,1-3H3. The van der Waals surface area contributed by atoms with Crippen molar-refractivity contribution in [3.8, 4) is 5.75 Å². The van der Waals surface area contributed by atoms with Crippen LogP contribution in [-0.4, -0.2) is 32.1 Å². The second-order valence-corrected chi connectivity index (χ2v) is 5.64. The van der Waals surface area contributed by atoms with Crippen LogP contribution in [0.15, 0.2) is 18.2 Å². The molecule has 0 N–H and O–H groups in total. The van der Waals surface area contributed by atoms with Gasteiger partial charge in [-0.1, -0.05) is 0 Å². The van der Waals surface area contributed by atoms with Crippen molar-refractivity contribution < 1.29 is 19.1 Å². The predicted octanol–water partition coefficient (Wildman–Crippen LogP) is 2.10. The minimum atomic E-state index is -0.420. The highest BCUT2D eigenvalue weighted by Crippen LogP contribution is 2.51. The average molecular weight is 289 g/mol. The van der Waals surface area contributed by atoms with Crippen molar-refractivity contribution in [2.45, 2.75) is 31.7 Å². The van der Waals surface area contributed by atoms with Gasteiger partial charge in [-0.2, -0.15) is 0 Å². The van der Waals surface area contributed by atoms with Crippen molar-refractivity contribution in [3.63, 3.8) is 0 Å². The van der Waals surface area contributed by atoms with E-state index in [9.17, 15) is 9.59 Å². The molecule has 1 saturated carbocycles. The molecule has 1 heterocycles. The summed E-state index contributed by atoms with van der Waals surface area (Å²) >= 11 is 0. The number of methoxy groups -OCH3 is 2. The minimum absolute atomic E-state index is 0.0373. The van der Waals surface area contributed by atoms with E-state index in [4.69, 9.17) is 9.47 Å². The summed E-state index contributed by atoms with van der Waals surface area (Å²) in [6.07, 6.45) is 2.10. The average Bonchev–Trinajstić information content (AvgIpc) is 3.26. The Balaban J connectivity index is 2.13. The molecule has 0 aromatic heterocycles. The number of benzene rings is 1. The Hall–Kier alpha value is -2.04. The van der Waals surface area contributed by atoms with Crippen molar-refractivity contribution in [1.29, 1.82) is 0 Å². The summed E-state index contributed by atoms with van der Waals surface area (Å²) in [4.78, 5) is 26.1. The first kappa shape index (κ1) is 13.9. The Morgan fingerprint density at radius 2 is 1.95 bits per heavy atom. The van der Waals surface area contributed by atoms with E-state index in [2.05, 4.69) is 0 Å². The lowest BCUT2D eigenvalue weighted by Gasteiger charge is -2.26. The van der Waals surface area contributed by atoms with Crippen LogP contribution in [0.5, 0.6) is 5.75 Å². The van der Waals surface area contributed by atoms with Crippen molar-refractivity contribution in [2.75, 3.05) is 19.1 Å². The molecule has 2 unspecified atom stereocenters. The molecule has 0 saturated heterocycles. The van der Waals surface area contributed by atoms with E-state index in [-0.39, 0.29) is 17.9 Å². The highest BCUT2D eigenvalue weighted by Gasteiger charge is 2.51. The smallest absolute Gasteiger partial charge is 0.315 e. The van der Waals surface area contributed by atoms with Gasteiger partial charge in [0.25, 0.3) is 0 Å². The number of rotatable bonds is 3. The molecule has 0 bridgehead atoms. The van der Waals surface area contributed by atoms with Crippen molar-refractivity contribution in [2.24, 2.45) is 5.92 Å². The molecular formula is C16H19NO4. The van der Waals surface area contributed by atoms with Crippen LogP contribution in [0.3, 0.4) is 0 Å². The number of hydrogen-bond donors (Lipinski definition) is 0. The molecule has 112 valence electrons. The summed E-state index contributed by atoms with van der Waals surface area (Å²) in [7, 11) is 2.98. The Kier molecular flexibility index (Phi) is 3.35. The molecule has 5 heteroatoms. The van der Waals surface area contributed by atoms with E-state index in [0.29, 0.717) is 11.7 Å². The minimum Gasteiger partial charge on any atom is -0.497 e. The molecule has 0 radical (unpaired) electrons. The Bertz CT molecular complexity index is 594. The normalized spacial score (nSPS) is 23.7. The molecule has 1 aromatic carbocycles. The largest absolute Gasteiger partial charge is 0.497 e. The van der Waals surface area contributed by atoms with Gasteiger partial charge in [0, 0.05) is 12.6 Å². The van der Waals surface area contributed by atoms with Crippen LogP contribution < -0.4 is 9.64 Å². The highest BCUT2D eigenvalue weighted by molar-refractivity contribution is 5.99. The van der Waals surface area contributed by atoms with Gasteiger partial charge in [-0.05, 0) is 42.5 Å². The van der Waals surface area contributed by atoms with Crippen molar-refractivity contribution >= 4 is 17.6 Å². The number of carbonyl (C=O) groups is 2. The number of amides is 1. The summed E-state index contributed by atoms with van der Waals surface area (Å²) in [5.74, 6) is 0.311. The van der Waals surface area contributed by atoms with Gasteiger partial charge in [-0.3, -0.25) is 9.59 Å². The Morgan fingerprint density at radius 3 is 2.48 bits per heavy atom. The first-order valence-corrected chi connectivity index (χ1v) is 7.14. The van der Waals surface area contributed by atoms with Crippen LogP contribution in [-0.2, 0) is 14.3 Å². The van der Waals surface area contributed by atoms with Gasteiger partial charge in [0.2, 0.25) is 5.91 Å². The molecule has 5 nitrogen and oxygen atoms in total. The maximum atomic E-state index is 12.3. The van der Waals surface area contributed by atoms with Gasteiger partial charge in [0.1, 0.15) is 11.7 Å². The monoisotopic (exact) mass is 289 g/mol. The summed E-state index contributed by atoms with van der Waals surface area (Å²) in [5, 5.41) is 0. The van der Waals surface area contributed by atoms with E-state index < -0.39 is 5.92 Å². The summed E-state index contributed by atoms with van der Waals surface area (Å²) in [6.45, 7) is 1.54. The third-order valence-corrected chi connectivity index (χ3v) is 4.37. The first-order chi connectivity index (χ1) is 10.1. The van der Waals surface area contributed by atoms with Crippen LogP contribution in [0, 0.1) is 5.92 Å². The van der Waals surface area contributed by atoms with Crippen LogP contribution in [0.4, 0.5) is 5.69 Å². The zero-order chi connectivity index (χ0) is 15.1. The van der Waals surface area contributed by atoms with Crippen LogP contribution in [0.25, 0.3) is 0 Å². The maximum Gasteiger partial charge on any atom is 0.315 e. The SMILES string of the molecule is COC(=O)C1c2cc(OC)ccc2N(C(C)=O)C1C1CC1. The second-order valence-electron chi connectivity index (χ2n) is 5.64. The molecule has 21 heavy (non-hydrogen) atoms. The zero-order valence-electron chi connectivity index (χ0n) is 12.5. The third kappa shape index (κ3) is 2.17. The molecule has 2 atom stereocenters. The van der Waals surface area contributed by atoms with Gasteiger partial charge >= 0.3 is 5.97 Å². The summed E-state index contributed by atoms with van der Waals surface area (Å²) in [6, 6.07) is 5.39. The van der Waals surface area contributed by atoms with E-state index >= 15 is 0 Å². The molecule has 0 spiro atoms. The fraction of sp³-hybridized carbons (Fsp3) is 0.500. The lowest BCUT2D eigenvalue weighted by Crippen LogP contribution is -2.41. The number of carbonyl (C=O) groups excluding carboxylic acids is 2. The van der Waals surface area contributed by atoms with Gasteiger partial charge in [0.15, 0.2) is 0 Å². The van der Waals surface area contributed by atoms with Crippen molar-refractivity contribution in [3.05, 3.63) is 23.8 Å². The fourth-order valence-electron chi connectivity index (χ4n) is 3.32. The molecule has 1 aliphatic heterocycles. The third-order valence-electron chi connectivity index (χ3n) is 4.37. The number of esters is 1. The molecule has 1 fully saturated rings. The molecule has 1 aliphatic carbocycles. The molecule has 2 aliphatic rings. The van der Waals surface area contributed by atoms with Crippen molar-refractivity contribution in [1.82, 2.24) is 0 Å². The number of anilines is 1. The summed E-state index contributed by atoms with van der Waals surface area (Å²) in [5.41, 5.74) is 1.63. The maximum absolute atomic E-state index is 12.3. The molecule has 1 amide bonds. The van der Waals surface area contributed by atoms with Crippen LogP contribution in [0.2, 0.25) is 0 Å². The lowest BCUT2D eigenvalue weighted by atomic mass is 9.92. The van der Waals surface area contributed by atoms with Gasteiger partial charge in [0.05, 0.1) is 20.3 Å². The van der Waals surface area contributed by atoms with Crippen LogP contribution in [0.1, 0.15) is 31.2 Å². The number of nitrogens with zero attached hydrogens (tertiary/aromatic N) is 1. The number of ether oxygens (including phenoxy) is 2. The highest BCUT2D eigenvalue weighted by atomic mass is 16.5. The lowest BCUT2D eigenvalue weighted by molar-refractivity contribution is -0.142. The summed E-state index contributed by atoms with van der Waals surface area (Å²) < 4.78 is 10.2. The van der Waals surface area contributed by atoms with Gasteiger partial charge in [-0.25, -0.2) is 0 Å². The number of hydrogen-bond acceptors (Lipinski definition) is 4. The van der Waals surface area contributed by atoms with E-state index in [1.165, 1.54) is 7.11 Å². The van der Waals surface area contributed by atoms with E-state index in [0.717, 1.165) is 24.1 Å². The van der Waals surface area contributed by atoms with E-state index in [1.54, 1.807) is 18.9 Å².